The zero-order chi connectivity index (χ0) is 11.5. The number of piperazine rings is 1. The van der Waals surface area contributed by atoms with Crippen molar-refractivity contribution in [2.24, 2.45) is 10.9 Å². The van der Waals surface area contributed by atoms with Gasteiger partial charge in [0.2, 0.25) is 0 Å². The minimum absolute atomic E-state index is 0.354. The third kappa shape index (κ3) is 3.39. The van der Waals surface area contributed by atoms with E-state index in [9.17, 15) is 8.42 Å². The Balaban J connectivity index is 2.49. The largest absolute Gasteiger partial charge is 0.329 e. The van der Waals surface area contributed by atoms with Gasteiger partial charge in [-0.25, -0.2) is 5.14 Å². The zero-order valence-corrected chi connectivity index (χ0v) is 9.91. The highest BCUT2D eigenvalue weighted by Gasteiger charge is 2.26. The smallest absolute Gasteiger partial charge is 0.276 e. The summed E-state index contributed by atoms with van der Waals surface area (Å²) < 4.78 is 23.4. The second-order valence-corrected chi connectivity index (χ2v) is 5.32. The van der Waals surface area contributed by atoms with Gasteiger partial charge in [-0.1, -0.05) is 6.92 Å². The Morgan fingerprint density at radius 1 is 1.27 bits per heavy atom. The molecule has 0 aromatic carbocycles. The van der Waals surface area contributed by atoms with Crippen LogP contribution in [0.25, 0.3) is 0 Å². The number of nitrogens with two attached hydrogens (primary N) is 2. The molecule has 1 rings (SSSR count). The van der Waals surface area contributed by atoms with Crippen molar-refractivity contribution in [3.8, 4) is 0 Å². The Morgan fingerprint density at radius 3 is 2.13 bits per heavy atom. The lowest BCUT2D eigenvalue weighted by molar-refractivity contribution is 0.137. The fourth-order valence-electron chi connectivity index (χ4n) is 1.90. The maximum atomic E-state index is 11.1. The zero-order valence-electron chi connectivity index (χ0n) is 9.09. The molecular formula is C8H20N4O2S. The maximum Gasteiger partial charge on any atom is 0.276 e. The summed E-state index contributed by atoms with van der Waals surface area (Å²) in [6.07, 6.45) is 0.992. The SMILES string of the molecule is CCC(CN)N1CCN(S(N)(=O)=O)CC1. The molecule has 0 bridgehead atoms. The summed E-state index contributed by atoms with van der Waals surface area (Å²) in [6, 6.07) is 0.354. The molecule has 90 valence electrons. The van der Waals surface area contributed by atoms with Crippen LogP contribution in [-0.4, -0.2) is 56.4 Å². The van der Waals surface area contributed by atoms with Gasteiger partial charge in [-0.2, -0.15) is 12.7 Å². The molecule has 0 saturated carbocycles. The lowest BCUT2D eigenvalue weighted by Gasteiger charge is -2.37. The molecular weight excluding hydrogens is 216 g/mol. The molecule has 1 unspecified atom stereocenters. The Labute approximate surface area is 91.4 Å². The van der Waals surface area contributed by atoms with Crippen LogP contribution in [-0.2, 0) is 10.2 Å². The van der Waals surface area contributed by atoms with Crippen molar-refractivity contribution in [2.75, 3.05) is 32.7 Å². The third-order valence-corrected chi connectivity index (χ3v) is 3.98. The first-order valence-corrected chi connectivity index (χ1v) is 6.71. The predicted octanol–water partition coefficient (Wildman–Crippen LogP) is -1.46. The van der Waals surface area contributed by atoms with Gasteiger partial charge in [-0.3, -0.25) is 4.90 Å². The Kier molecular flexibility index (Phi) is 4.47. The van der Waals surface area contributed by atoms with Crippen LogP contribution >= 0.6 is 0 Å². The van der Waals surface area contributed by atoms with Crippen molar-refractivity contribution >= 4 is 10.2 Å². The Morgan fingerprint density at radius 2 is 1.80 bits per heavy atom. The third-order valence-electron chi connectivity index (χ3n) is 2.89. The van der Waals surface area contributed by atoms with Gasteiger partial charge >= 0.3 is 0 Å². The molecule has 1 heterocycles. The van der Waals surface area contributed by atoms with Crippen molar-refractivity contribution in [3.63, 3.8) is 0 Å². The molecule has 4 N–H and O–H groups in total. The quantitative estimate of drug-likeness (QED) is 0.624. The average Bonchev–Trinajstić information content (AvgIpc) is 2.19. The first kappa shape index (κ1) is 12.9. The fourth-order valence-corrected chi connectivity index (χ4v) is 2.57. The van der Waals surface area contributed by atoms with E-state index in [0.717, 1.165) is 6.42 Å². The molecule has 1 saturated heterocycles. The maximum absolute atomic E-state index is 11.1. The molecule has 0 aromatic heterocycles. The van der Waals surface area contributed by atoms with Gasteiger partial charge in [-0.05, 0) is 6.42 Å². The van der Waals surface area contributed by atoms with Gasteiger partial charge in [0, 0.05) is 38.8 Å². The van der Waals surface area contributed by atoms with Gasteiger partial charge in [0.1, 0.15) is 0 Å². The molecule has 1 aliphatic heterocycles. The molecule has 0 spiro atoms. The number of hydrogen-bond donors (Lipinski definition) is 2. The van der Waals surface area contributed by atoms with Crippen molar-refractivity contribution in [3.05, 3.63) is 0 Å². The predicted molar refractivity (Wildman–Crippen MR) is 59.4 cm³/mol. The minimum Gasteiger partial charge on any atom is -0.329 e. The van der Waals surface area contributed by atoms with E-state index in [0.29, 0.717) is 38.8 Å². The summed E-state index contributed by atoms with van der Waals surface area (Å²) in [7, 11) is -3.51. The molecule has 0 aliphatic carbocycles. The lowest BCUT2D eigenvalue weighted by atomic mass is 10.1. The molecule has 1 aliphatic rings. The van der Waals surface area contributed by atoms with Crippen LogP contribution in [0.2, 0.25) is 0 Å². The average molecular weight is 236 g/mol. The molecule has 1 atom stereocenters. The van der Waals surface area contributed by atoms with E-state index in [-0.39, 0.29) is 0 Å². The second-order valence-electron chi connectivity index (χ2n) is 3.78. The molecule has 1 fully saturated rings. The van der Waals surface area contributed by atoms with Crippen LogP contribution in [0.15, 0.2) is 0 Å². The standard InChI is InChI=1S/C8H20N4O2S/c1-2-8(7-9)11-3-5-12(6-4-11)15(10,13)14/h8H,2-7,9H2,1H3,(H2,10,13,14). The van der Waals surface area contributed by atoms with Gasteiger partial charge in [0.15, 0.2) is 0 Å². The van der Waals surface area contributed by atoms with Crippen LogP contribution in [0, 0.1) is 0 Å². The van der Waals surface area contributed by atoms with Gasteiger partial charge in [0.25, 0.3) is 10.2 Å². The molecule has 0 aromatic rings. The monoisotopic (exact) mass is 236 g/mol. The van der Waals surface area contributed by atoms with Crippen molar-refractivity contribution < 1.29 is 8.42 Å². The van der Waals surface area contributed by atoms with Crippen molar-refractivity contribution in [1.82, 2.24) is 9.21 Å². The normalized spacial score (nSPS) is 22.9. The highest BCUT2D eigenvalue weighted by molar-refractivity contribution is 7.86. The van der Waals surface area contributed by atoms with E-state index in [4.69, 9.17) is 10.9 Å². The molecule has 6 nitrogen and oxygen atoms in total. The fraction of sp³-hybridized carbons (Fsp3) is 1.00. The van der Waals surface area contributed by atoms with E-state index >= 15 is 0 Å². The van der Waals surface area contributed by atoms with Crippen LogP contribution in [0.3, 0.4) is 0 Å². The van der Waals surface area contributed by atoms with E-state index < -0.39 is 10.2 Å². The van der Waals surface area contributed by atoms with Crippen molar-refractivity contribution in [1.29, 1.82) is 0 Å². The van der Waals surface area contributed by atoms with Crippen LogP contribution in [0.1, 0.15) is 13.3 Å². The van der Waals surface area contributed by atoms with E-state index in [1.54, 1.807) is 0 Å². The Hall–Kier alpha value is -0.210. The molecule has 0 amide bonds. The molecule has 0 radical (unpaired) electrons. The number of rotatable bonds is 4. The summed E-state index contributed by atoms with van der Waals surface area (Å²) >= 11 is 0. The van der Waals surface area contributed by atoms with E-state index in [1.165, 1.54) is 4.31 Å². The molecule has 15 heavy (non-hydrogen) atoms. The molecule has 7 heteroatoms. The lowest BCUT2D eigenvalue weighted by Crippen LogP contribution is -2.54. The van der Waals surface area contributed by atoms with Gasteiger partial charge in [0.05, 0.1) is 0 Å². The Bertz CT molecular complexity index is 281. The highest BCUT2D eigenvalue weighted by Crippen LogP contribution is 2.09. The topological polar surface area (TPSA) is 92.7 Å². The first-order chi connectivity index (χ1) is 6.99. The van der Waals surface area contributed by atoms with Gasteiger partial charge in [-0.15, -0.1) is 0 Å². The van der Waals surface area contributed by atoms with Crippen LogP contribution < -0.4 is 10.9 Å². The second kappa shape index (κ2) is 5.22. The minimum atomic E-state index is -3.51. The highest BCUT2D eigenvalue weighted by atomic mass is 32.2. The van der Waals surface area contributed by atoms with Crippen LogP contribution in [0.5, 0.6) is 0 Å². The summed E-state index contributed by atoms with van der Waals surface area (Å²) in [5.41, 5.74) is 5.64. The summed E-state index contributed by atoms with van der Waals surface area (Å²) in [5.74, 6) is 0. The number of hydrogen-bond acceptors (Lipinski definition) is 4. The number of nitrogens with zero attached hydrogens (tertiary/aromatic N) is 2. The summed E-state index contributed by atoms with van der Waals surface area (Å²) in [6.45, 7) is 5.07. The van der Waals surface area contributed by atoms with Crippen molar-refractivity contribution in [2.45, 2.75) is 19.4 Å². The summed E-state index contributed by atoms with van der Waals surface area (Å²) in [4.78, 5) is 2.22. The van der Waals surface area contributed by atoms with E-state index in [2.05, 4.69) is 11.8 Å². The first-order valence-electron chi connectivity index (χ1n) is 5.21. The van der Waals surface area contributed by atoms with Gasteiger partial charge < -0.3 is 5.73 Å². The van der Waals surface area contributed by atoms with E-state index in [1.807, 2.05) is 0 Å². The summed E-state index contributed by atoms with van der Waals surface area (Å²) in [5, 5.41) is 5.05. The van der Waals surface area contributed by atoms with Crippen LogP contribution in [0.4, 0.5) is 0 Å².